The van der Waals surface area contributed by atoms with E-state index in [1.807, 2.05) is 0 Å². The predicted octanol–water partition coefficient (Wildman–Crippen LogP) is 1.39. The summed E-state index contributed by atoms with van der Waals surface area (Å²) in [5, 5.41) is 14.4. The average Bonchev–Trinajstić information content (AvgIpc) is 2.67. The number of aromatic amines is 1. The summed E-state index contributed by atoms with van der Waals surface area (Å²) in [6, 6.07) is 16.7. The third-order valence-corrected chi connectivity index (χ3v) is 3.82. The third kappa shape index (κ3) is 3.69. The van der Waals surface area contributed by atoms with Crippen LogP contribution in [0.3, 0.4) is 0 Å². The molecule has 3 N–H and O–H groups in total. The number of benzene rings is 2. The van der Waals surface area contributed by atoms with Crippen molar-refractivity contribution in [1.29, 1.82) is 0 Å². The van der Waals surface area contributed by atoms with Crippen molar-refractivity contribution in [3.05, 3.63) is 92.6 Å². The molecular weight excluding hydrogens is 348 g/mol. The van der Waals surface area contributed by atoms with Crippen molar-refractivity contribution in [2.75, 3.05) is 0 Å². The number of nitrogens with zero attached hydrogens (tertiary/aromatic N) is 2. The maximum atomic E-state index is 12.2. The molecule has 27 heavy (non-hydrogen) atoms. The van der Waals surface area contributed by atoms with E-state index >= 15 is 0 Å². The number of aromatic hydroxyl groups is 1. The van der Waals surface area contributed by atoms with Crippen molar-refractivity contribution in [2.45, 2.75) is 6.92 Å². The van der Waals surface area contributed by atoms with Gasteiger partial charge >= 0.3 is 5.69 Å². The fourth-order valence-corrected chi connectivity index (χ4v) is 2.51. The number of aromatic nitrogens is 2. The summed E-state index contributed by atoms with van der Waals surface area (Å²) in [6.07, 6.45) is 0. The van der Waals surface area contributed by atoms with Gasteiger partial charge in [0.15, 0.2) is 0 Å². The van der Waals surface area contributed by atoms with E-state index in [4.69, 9.17) is 0 Å². The molecule has 8 heteroatoms. The number of H-pyrrole nitrogens is 1. The van der Waals surface area contributed by atoms with Gasteiger partial charge in [0.1, 0.15) is 5.56 Å². The first kappa shape index (κ1) is 17.9. The van der Waals surface area contributed by atoms with Crippen LogP contribution in [-0.2, 0) is 0 Å². The summed E-state index contributed by atoms with van der Waals surface area (Å²) < 4.78 is 0.953. The molecule has 0 aliphatic rings. The van der Waals surface area contributed by atoms with E-state index in [-0.39, 0.29) is 11.3 Å². The van der Waals surface area contributed by atoms with Crippen LogP contribution in [0.4, 0.5) is 0 Å². The topological polar surface area (TPSA) is 117 Å². The van der Waals surface area contributed by atoms with Gasteiger partial charge in [-0.2, -0.15) is 5.10 Å². The van der Waals surface area contributed by atoms with Gasteiger partial charge in [-0.3, -0.25) is 14.6 Å². The molecule has 1 aromatic heterocycles. The molecule has 0 aliphatic heterocycles. The molecule has 0 bridgehead atoms. The highest BCUT2D eigenvalue weighted by Crippen LogP contribution is 2.16. The highest BCUT2D eigenvalue weighted by atomic mass is 16.3. The van der Waals surface area contributed by atoms with Gasteiger partial charge in [-0.1, -0.05) is 36.4 Å². The van der Waals surface area contributed by atoms with Crippen LogP contribution < -0.4 is 16.7 Å². The summed E-state index contributed by atoms with van der Waals surface area (Å²) in [5.41, 5.74) is 1.33. The number of hydrazone groups is 1. The van der Waals surface area contributed by atoms with Crippen molar-refractivity contribution in [1.82, 2.24) is 15.0 Å². The maximum Gasteiger partial charge on any atom is 0.335 e. The number of carbonyl (C=O) groups is 1. The quantitative estimate of drug-likeness (QED) is 0.479. The molecule has 0 saturated carbocycles. The molecule has 0 spiro atoms. The Morgan fingerprint density at radius 1 is 1.04 bits per heavy atom. The van der Waals surface area contributed by atoms with Crippen molar-refractivity contribution >= 4 is 11.6 Å². The van der Waals surface area contributed by atoms with Crippen LogP contribution in [0.5, 0.6) is 5.88 Å². The number of rotatable bonds is 4. The summed E-state index contributed by atoms with van der Waals surface area (Å²) in [4.78, 5) is 38.5. The van der Waals surface area contributed by atoms with E-state index in [0.717, 1.165) is 4.57 Å². The van der Waals surface area contributed by atoms with Crippen LogP contribution in [-0.4, -0.2) is 26.3 Å². The van der Waals surface area contributed by atoms with Gasteiger partial charge in [0.05, 0.1) is 11.4 Å². The Kier molecular flexibility index (Phi) is 4.98. The average molecular weight is 364 g/mol. The van der Waals surface area contributed by atoms with Gasteiger partial charge < -0.3 is 5.11 Å². The fourth-order valence-electron chi connectivity index (χ4n) is 2.51. The Balaban J connectivity index is 2.00. The van der Waals surface area contributed by atoms with Crippen molar-refractivity contribution in [3.8, 4) is 11.6 Å². The SMILES string of the molecule is CC(=NNC(=O)c1ccccc1)c1c(O)n(-c2ccccc2)c(=O)[nH]c1=O. The van der Waals surface area contributed by atoms with E-state index in [0.29, 0.717) is 11.3 Å². The van der Waals surface area contributed by atoms with E-state index < -0.39 is 23.0 Å². The number of amides is 1. The molecule has 0 saturated heterocycles. The summed E-state index contributed by atoms with van der Waals surface area (Å²) in [7, 11) is 0. The second-order valence-electron chi connectivity index (χ2n) is 5.63. The Labute approximate surface area is 153 Å². The predicted molar refractivity (Wildman–Crippen MR) is 100 cm³/mol. The zero-order valence-corrected chi connectivity index (χ0v) is 14.3. The smallest absolute Gasteiger partial charge is 0.335 e. The lowest BCUT2D eigenvalue weighted by Gasteiger charge is -2.11. The van der Waals surface area contributed by atoms with Crippen LogP contribution in [0.25, 0.3) is 5.69 Å². The molecule has 0 aliphatic carbocycles. The number of nitrogens with one attached hydrogen (secondary N) is 2. The van der Waals surface area contributed by atoms with Crippen molar-refractivity contribution in [2.24, 2.45) is 5.10 Å². The molecule has 0 atom stereocenters. The zero-order chi connectivity index (χ0) is 19.4. The number of hydrogen-bond acceptors (Lipinski definition) is 5. The van der Waals surface area contributed by atoms with Gasteiger partial charge in [-0.15, -0.1) is 0 Å². The van der Waals surface area contributed by atoms with Crippen LogP contribution in [0.1, 0.15) is 22.8 Å². The maximum absolute atomic E-state index is 12.2. The molecule has 136 valence electrons. The monoisotopic (exact) mass is 364 g/mol. The molecule has 1 amide bonds. The molecule has 1 heterocycles. The highest BCUT2D eigenvalue weighted by Gasteiger charge is 2.18. The lowest BCUT2D eigenvalue weighted by molar-refractivity contribution is 0.0955. The van der Waals surface area contributed by atoms with Crippen molar-refractivity contribution < 1.29 is 9.90 Å². The van der Waals surface area contributed by atoms with Gasteiger partial charge in [0.25, 0.3) is 11.5 Å². The zero-order valence-electron chi connectivity index (χ0n) is 14.3. The van der Waals surface area contributed by atoms with Crippen LogP contribution in [0.2, 0.25) is 0 Å². The van der Waals surface area contributed by atoms with E-state index in [2.05, 4.69) is 15.5 Å². The second kappa shape index (κ2) is 7.52. The number of para-hydroxylation sites is 1. The van der Waals surface area contributed by atoms with Crippen LogP contribution >= 0.6 is 0 Å². The summed E-state index contributed by atoms with van der Waals surface area (Å²) >= 11 is 0. The Morgan fingerprint density at radius 3 is 2.26 bits per heavy atom. The lowest BCUT2D eigenvalue weighted by Crippen LogP contribution is -2.33. The van der Waals surface area contributed by atoms with Crippen molar-refractivity contribution in [3.63, 3.8) is 0 Å². The first-order valence-corrected chi connectivity index (χ1v) is 8.03. The number of carbonyl (C=O) groups excluding carboxylic acids is 1. The molecule has 8 nitrogen and oxygen atoms in total. The van der Waals surface area contributed by atoms with Crippen LogP contribution in [0, 0.1) is 0 Å². The minimum atomic E-state index is -0.806. The summed E-state index contributed by atoms with van der Waals surface area (Å²) in [5.74, 6) is -1.03. The van der Waals surface area contributed by atoms with Gasteiger partial charge in [0.2, 0.25) is 5.88 Å². The van der Waals surface area contributed by atoms with Gasteiger partial charge in [0, 0.05) is 5.56 Å². The normalized spacial score (nSPS) is 11.2. The fraction of sp³-hybridized carbons (Fsp3) is 0.0526. The minimum Gasteiger partial charge on any atom is -0.493 e. The molecule has 3 rings (SSSR count). The number of hydrogen-bond donors (Lipinski definition) is 3. The molecule has 0 radical (unpaired) electrons. The van der Waals surface area contributed by atoms with Gasteiger partial charge in [-0.05, 0) is 31.2 Å². The second-order valence-corrected chi connectivity index (χ2v) is 5.63. The highest BCUT2D eigenvalue weighted by molar-refractivity contribution is 6.02. The van der Waals surface area contributed by atoms with E-state index in [1.54, 1.807) is 60.7 Å². The van der Waals surface area contributed by atoms with E-state index in [9.17, 15) is 19.5 Å². The molecule has 0 unspecified atom stereocenters. The first-order chi connectivity index (χ1) is 13.0. The Morgan fingerprint density at radius 2 is 1.63 bits per heavy atom. The molecule has 2 aromatic carbocycles. The molecule has 0 fully saturated rings. The molecular formula is C19H16N4O4. The first-order valence-electron chi connectivity index (χ1n) is 8.03. The lowest BCUT2D eigenvalue weighted by atomic mass is 10.2. The largest absolute Gasteiger partial charge is 0.493 e. The minimum absolute atomic E-state index is 0.0442. The Bertz CT molecular complexity index is 1120. The molecule has 3 aromatic rings. The van der Waals surface area contributed by atoms with Gasteiger partial charge in [-0.25, -0.2) is 14.8 Å². The standard InChI is InChI=1S/C19H16N4O4/c1-12(21-22-16(24)13-8-4-2-5-9-13)15-17(25)20-19(27)23(18(15)26)14-10-6-3-7-11-14/h2-11,26H,1H3,(H,22,24)(H,20,25,27). The van der Waals surface area contributed by atoms with Crippen LogP contribution in [0.15, 0.2) is 75.4 Å². The third-order valence-electron chi connectivity index (χ3n) is 3.82. The summed E-state index contributed by atoms with van der Waals surface area (Å²) in [6.45, 7) is 1.44. The Hall–Kier alpha value is -3.94. The van der Waals surface area contributed by atoms with E-state index in [1.165, 1.54) is 6.92 Å².